The third-order valence-electron chi connectivity index (χ3n) is 2.32. The van der Waals surface area contributed by atoms with E-state index in [4.69, 9.17) is 10.5 Å². The summed E-state index contributed by atoms with van der Waals surface area (Å²) in [7, 11) is 0. The molecule has 0 atom stereocenters. The first-order valence-electron chi connectivity index (χ1n) is 5.27. The fourth-order valence-electron chi connectivity index (χ4n) is 1.45. The highest BCUT2D eigenvalue weighted by Gasteiger charge is 2.05. The van der Waals surface area contributed by atoms with Crippen LogP contribution in [0, 0.1) is 12.7 Å². The molecule has 0 amide bonds. The van der Waals surface area contributed by atoms with Gasteiger partial charge in [0, 0.05) is 12.7 Å². The van der Waals surface area contributed by atoms with Crippen LogP contribution in [0.4, 0.5) is 4.39 Å². The van der Waals surface area contributed by atoms with Crippen LogP contribution in [0.25, 0.3) is 0 Å². The molecule has 2 aromatic rings. The van der Waals surface area contributed by atoms with Gasteiger partial charge in [0.2, 0.25) is 0 Å². The fraction of sp³-hybridized carbons (Fsp3) is 0.154. The molecule has 3 nitrogen and oxygen atoms in total. The van der Waals surface area contributed by atoms with Crippen LogP contribution in [-0.2, 0) is 6.54 Å². The zero-order valence-electron chi connectivity index (χ0n) is 9.48. The van der Waals surface area contributed by atoms with Gasteiger partial charge in [-0.25, -0.2) is 4.39 Å². The van der Waals surface area contributed by atoms with E-state index in [1.807, 2.05) is 6.92 Å². The number of halogens is 1. The summed E-state index contributed by atoms with van der Waals surface area (Å²) >= 11 is 0. The highest BCUT2D eigenvalue weighted by Crippen LogP contribution is 2.25. The molecule has 88 valence electrons. The molecule has 17 heavy (non-hydrogen) atoms. The van der Waals surface area contributed by atoms with E-state index in [-0.39, 0.29) is 5.75 Å². The Labute approximate surface area is 99.1 Å². The Bertz CT molecular complexity index is 529. The van der Waals surface area contributed by atoms with Crippen LogP contribution in [0.2, 0.25) is 0 Å². The van der Waals surface area contributed by atoms with Crippen molar-refractivity contribution in [2.24, 2.45) is 5.73 Å². The van der Waals surface area contributed by atoms with Gasteiger partial charge in [0.05, 0.1) is 6.20 Å². The Hall–Kier alpha value is -1.94. The summed E-state index contributed by atoms with van der Waals surface area (Å²) in [5.74, 6) is 0.284. The second-order valence-electron chi connectivity index (χ2n) is 3.77. The minimum absolute atomic E-state index is 0.195. The Balaban J connectivity index is 2.27. The average molecular weight is 232 g/mol. The summed E-state index contributed by atoms with van der Waals surface area (Å²) in [6.07, 6.45) is 3.18. The van der Waals surface area contributed by atoms with Crippen LogP contribution in [0.15, 0.2) is 36.7 Å². The van der Waals surface area contributed by atoms with Gasteiger partial charge in [0.25, 0.3) is 0 Å². The molecule has 0 aliphatic heterocycles. The predicted octanol–water partition coefficient (Wildman–Crippen LogP) is 2.78. The first-order valence-corrected chi connectivity index (χ1v) is 5.27. The minimum Gasteiger partial charge on any atom is -0.453 e. The molecule has 2 N–H and O–H groups in total. The maximum Gasteiger partial charge on any atom is 0.165 e. The van der Waals surface area contributed by atoms with E-state index < -0.39 is 5.82 Å². The number of hydrogen-bond donors (Lipinski definition) is 1. The van der Waals surface area contributed by atoms with Crippen LogP contribution in [0.3, 0.4) is 0 Å². The number of aromatic nitrogens is 1. The Morgan fingerprint density at radius 3 is 2.88 bits per heavy atom. The molecule has 0 fully saturated rings. The number of nitrogens with two attached hydrogens (primary N) is 1. The smallest absolute Gasteiger partial charge is 0.165 e. The van der Waals surface area contributed by atoms with Crippen molar-refractivity contribution in [2.75, 3.05) is 0 Å². The van der Waals surface area contributed by atoms with E-state index >= 15 is 0 Å². The number of nitrogens with zero attached hydrogens (tertiary/aromatic N) is 1. The summed E-state index contributed by atoms with van der Waals surface area (Å²) in [5, 5.41) is 0. The van der Waals surface area contributed by atoms with Gasteiger partial charge in [0.15, 0.2) is 11.6 Å². The molecular formula is C13H13FN2O. The van der Waals surface area contributed by atoms with Crippen LogP contribution < -0.4 is 10.5 Å². The molecular weight excluding hydrogens is 219 g/mol. The number of aryl methyl sites for hydroxylation is 1. The lowest BCUT2D eigenvalue weighted by molar-refractivity contribution is 0.439. The molecule has 1 heterocycles. The number of hydrogen-bond acceptors (Lipinski definition) is 3. The lowest BCUT2D eigenvalue weighted by Crippen LogP contribution is -1.97. The SMILES string of the molecule is Cc1ccc(F)c(Oc2cncc(CN)c2)c1. The molecule has 0 unspecified atom stereocenters. The molecule has 4 heteroatoms. The summed E-state index contributed by atoms with van der Waals surface area (Å²) in [6, 6.07) is 6.46. The number of pyridine rings is 1. The topological polar surface area (TPSA) is 48.1 Å². The zero-order chi connectivity index (χ0) is 12.3. The van der Waals surface area contributed by atoms with Crippen molar-refractivity contribution < 1.29 is 9.13 Å². The van der Waals surface area contributed by atoms with Crippen LogP contribution in [-0.4, -0.2) is 4.98 Å². The molecule has 0 radical (unpaired) electrons. The van der Waals surface area contributed by atoms with Crippen molar-refractivity contribution in [1.82, 2.24) is 4.98 Å². The van der Waals surface area contributed by atoms with Crippen molar-refractivity contribution in [2.45, 2.75) is 13.5 Å². The van der Waals surface area contributed by atoms with Crippen molar-refractivity contribution >= 4 is 0 Å². The monoisotopic (exact) mass is 232 g/mol. The van der Waals surface area contributed by atoms with Gasteiger partial charge in [-0.15, -0.1) is 0 Å². The first kappa shape index (κ1) is 11.5. The molecule has 1 aromatic carbocycles. The maximum atomic E-state index is 13.5. The summed E-state index contributed by atoms with van der Waals surface area (Å²) < 4.78 is 18.9. The summed E-state index contributed by atoms with van der Waals surface area (Å²) in [5.41, 5.74) is 7.27. The maximum absolute atomic E-state index is 13.5. The normalized spacial score (nSPS) is 10.3. The predicted molar refractivity (Wildman–Crippen MR) is 63.3 cm³/mol. The largest absolute Gasteiger partial charge is 0.453 e. The molecule has 2 rings (SSSR count). The molecule has 0 bridgehead atoms. The lowest BCUT2D eigenvalue weighted by Gasteiger charge is -2.08. The van der Waals surface area contributed by atoms with Gasteiger partial charge >= 0.3 is 0 Å². The van der Waals surface area contributed by atoms with Gasteiger partial charge in [-0.05, 0) is 36.2 Å². The highest BCUT2D eigenvalue weighted by atomic mass is 19.1. The zero-order valence-corrected chi connectivity index (χ0v) is 9.48. The number of benzene rings is 1. The van der Waals surface area contributed by atoms with Crippen LogP contribution in [0.5, 0.6) is 11.5 Å². The molecule has 0 saturated carbocycles. The van der Waals surface area contributed by atoms with Crippen LogP contribution >= 0.6 is 0 Å². The minimum atomic E-state index is -0.395. The van der Waals surface area contributed by atoms with E-state index in [0.29, 0.717) is 12.3 Å². The van der Waals surface area contributed by atoms with Crippen molar-refractivity contribution in [1.29, 1.82) is 0 Å². The highest BCUT2D eigenvalue weighted by molar-refractivity contribution is 5.34. The third-order valence-corrected chi connectivity index (χ3v) is 2.32. The summed E-state index contributed by atoms with van der Waals surface area (Å²) in [6.45, 7) is 2.25. The van der Waals surface area contributed by atoms with E-state index in [0.717, 1.165) is 11.1 Å². The molecule has 1 aromatic heterocycles. The summed E-state index contributed by atoms with van der Waals surface area (Å²) in [4.78, 5) is 3.98. The Morgan fingerprint density at radius 1 is 1.29 bits per heavy atom. The van der Waals surface area contributed by atoms with E-state index in [2.05, 4.69) is 4.98 Å². The first-order chi connectivity index (χ1) is 8.19. The standard InChI is InChI=1S/C13H13FN2O/c1-9-2-3-12(14)13(4-9)17-11-5-10(6-15)7-16-8-11/h2-5,7-8H,6,15H2,1H3. The van der Waals surface area contributed by atoms with Crippen molar-refractivity contribution in [3.8, 4) is 11.5 Å². The second kappa shape index (κ2) is 4.93. The van der Waals surface area contributed by atoms with Gasteiger partial charge in [0.1, 0.15) is 5.75 Å². The van der Waals surface area contributed by atoms with E-state index in [1.54, 1.807) is 24.4 Å². The van der Waals surface area contributed by atoms with Gasteiger partial charge in [-0.1, -0.05) is 6.07 Å². The lowest BCUT2D eigenvalue weighted by atomic mass is 10.2. The third kappa shape index (κ3) is 2.79. The van der Waals surface area contributed by atoms with Gasteiger partial charge in [-0.2, -0.15) is 0 Å². The average Bonchev–Trinajstić information content (AvgIpc) is 2.34. The molecule has 0 aliphatic rings. The van der Waals surface area contributed by atoms with E-state index in [1.165, 1.54) is 12.3 Å². The fourth-order valence-corrected chi connectivity index (χ4v) is 1.45. The van der Waals surface area contributed by atoms with Crippen molar-refractivity contribution in [3.63, 3.8) is 0 Å². The van der Waals surface area contributed by atoms with Crippen molar-refractivity contribution in [3.05, 3.63) is 53.6 Å². The van der Waals surface area contributed by atoms with Gasteiger partial charge in [-0.3, -0.25) is 4.98 Å². The second-order valence-corrected chi connectivity index (χ2v) is 3.77. The number of rotatable bonds is 3. The molecule has 0 saturated heterocycles. The Kier molecular flexibility index (Phi) is 3.35. The molecule has 0 aliphatic carbocycles. The Morgan fingerprint density at radius 2 is 2.12 bits per heavy atom. The van der Waals surface area contributed by atoms with E-state index in [9.17, 15) is 4.39 Å². The quantitative estimate of drug-likeness (QED) is 0.885. The molecule has 0 spiro atoms. The van der Waals surface area contributed by atoms with Gasteiger partial charge < -0.3 is 10.5 Å². The number of ether oxygens (including phenoxy) is 1. The van der Waals surface area contributed by atoms with Crippen LogP contribution in [0.1, 0.15) is 11.1 Å².